The molecular weight excluding hydrogens is 172 g/mol. The van der Waals surface area contributed by atoms with Crippen molar-refractivity contribution in [3.63, 3.8) is 0 Å². The predicted octanol–water partition coefficient (Wildman–Crippen LogP) is -1.47. The molecule has 0 unspecified atom stereocenters. The fourth-order valence-corrected chi connectivity index (χ4v) is 1.17. The van der Waals surface area contributed by atoms with Gasteiger partial charge in [0.1, 0.15) is 6.33 Å². The second-order valence-electron chi connectivity index (χ2n) is 3.27. The van der Waals surface area contributed by atoms with Crippen molar-refractivity contribution in [2.45, 2.75) is 19.4 Å². The van der Waals surface area contributed by atoms with Crippen LogP contribution >= 0.6 is 0 Å². The van der Waals surface area contributed by atoms with Gasteiger partial charge in [0.15, 0.2) is 0 Å². The number of nitrogens with zero attached hydrogens (tertiary/aromatic N) is 3. The Bertz CT molecular complexity index is 429. The normalized spacial score (nSPS) is 16.0. The van der Waals surface area contributed by atoms with Crippen molar-refractivity contribution in [2.24, 2.45) is 5.92 Å². The molecule has 70 valence electrons. The van der Waals surface area contributed by atoms with Gasteiger partial charge in [0.05, 0.1) is 0 Å². The summed E-state index contributed by atoms with van der Waals surface area (Å²) in [7, 11) is 0. The summed E-state index contributed by atoms with van der Waals surface area (Å²) < 4.78 is 1.90. The third kappa shape index (κ3) is 1.47. The van der Waals surface area contributed by atoms with Crippen LogP contribution in [0.2, 0.25) is 0 Å². The van der Waals surface area contributed by atoms with Gasteiger partial charge < -0.3 is 5.84 Å². The smallest absolute Gasteiger partial charge is 0.334 e. The van der Waals surface area contributed by atoms with E-state index in [1.54, 1.807) is 0 Å². The first-order chi connectivity index (χ1) is 6.18. The Balaban J connectivity index is 2.46. The van der Waals surface area contributed by atoms with Crippen molar-refractivity contribution in [2.75, 3.05) is 5.84 Å². The van der Waals surface area contributed by atoms with Crippen LogP contribution in [0, 0.1) is 5.92 Å². The van der Waals surface area contributed by atoms with Crippen molar-refractivity contribution < 1.29 is 0 Å². The van der Waals surface area contributed by atoms with E-state index in [0.29, 0.717) is 12.5 Å². The molecule has 0 amide bonds. The number of aromatic nitrogens is 3. The van der Waals surface area contributed by atoms with E-state index in [4.69, 9.17) is 5.84 Å². The van der Waals surface area contributed by atoms with E-state index in [0.717, 1.165) is 28.4 Å². The summed E-state index contributed by atoms with van der Waals surface area (Å²) in [5.41, 5.74) is -1.01. The SMILES string of the molecule is Nn1cnc(=O)n(CC2CC2)c1=O. The predicted molar refractivity (Wildman–Crippen MR) is 45.6 cm³/mol. The topological polar surface area (TPSA) is 82.9 Å². The molecule has 2 N–H and O–H groups in total. The fourth-order valence-electron chi connectivity index (χ4n) is 1.17. The molecule has 1 aromatic rings. The molecule has 0 bridgehead atoms. The van der Waals surface area contributed by atoms with Gasteiger partial charge in [-0.1, -0.05) is 0 Å². The summed E-state index contributed by atoms with van der Waals surface area (Å²) in [5, 5.41) is 0. The number of rotatable bonds is 2. The molecule has 1 saturated carbocycles. The lowest BCUT2D eigenvalue weighted by Crippen LogP contribution is -2.44. The summed E-state index contributed by atoms with van der Waals surface area (Å²) in [6.07, 6.45) is 3.19. The van der Waals surface area contributed by atoms with Crippen molar-refractivity contribution in [1.29, 1.82) is 0 Å². The lowest BCUT2D eigenvalue weighted by molar-refractivity contribution is 0.536. The van der Waals surface area contributed by atoms with E-state index in [-0.39, 0.29) is 0 Å². The third-order valence-corrected chi connectivity index (χ3v) is 2.11. The maximum atomic E-state index is 11.3. The number of hydrogen-bond acceptors (Lipinski definition) is 4. The highest BCUT2D eigenvalue weighted by molar-refractivity contribution is 4.79. The van der Waals surface area contributed by atoms with Crippen molar-refractivity contribution >= 4 is 0 Å². The van der Waals surface area contributed by atoms with Gasteiger partial charge in [0, 0.05) is 6.54 Å². The maximum absolute atomic E-state index is 11.3. The molecular formula is C7H10N4O2. The second kappa shape index (κ2) is 2.72. The highest BCUT2D eigenvalue weighted by Gasteiger charge is 2.23. The van der Waals surface area contributed by atoms with Crippen LogP contribution in [-0.4, -0.2) is 14.2 Å². The largest absolute Gasteiger partial charge is 0.353 e. The summed E-state index contributed by atoms with van der Waals surface area (Å²) in [6.45, 7) is 0.447. The molecule has 1 aliphatic rings. The van der Waals surface area contributed by atoms with Crippen LogP contribution in [0.15, 0.2) is 15.9 Å². The zero-order valence-corrected chi connectivity index (χ0v) is 7.01. The number of nitrogen functional groups attached to an aromatic ring is 1. The Labute approximate surface area is 73.6 Å². The molecule has 1 fully saturated rings. The van der Waals surface area contributed by atoms with E-state index < -0.39 is 11.4 Å². The molecule has 0 atom stereocenters. The molecule has 1 aliphatic carbocycles. The first-order valence-electron chi connectivity index (χ1n) is 4.12. The van der Waals surface area contributed by atoms with Gasteiger partial charge >= 0.3 is 11.4 Å². The number of hydrogen-bond donors (Lipinski definition) is 1. The van der Waals surface area contributed by atoms with Gasteiger partial charge in [-0.3, -0.25) is 0 Å². The van der Waals surface area contributed by atoms with Crippen LogP contribution in [0.3, 0.4) is 0 Å². The van der Waals surface area contributed by atoms with Gasteiger partial charge in [-0.25, -0.2) is 18.8 Å². The lowest BCUT2D eigenvalue weighted by atomic mass is 10.4. The van der Waals surface area contributed by atoms with Gasteiger partial charge in [0.25, 0.3) is 0 Å². The highest BCUT2D eigenvalue weighted by atomic mass is 16.2. The van der Waals surface area contributed by atoms with Crippen LogP contribution in [-0.2, 0) is 6.54 Å². The monoisotopic (exact) mass is 182 g/mol. The summed E-state index contributed by atoms with van der Waals surface area (Å²) in [4.78, 5) is 25.9. The Morgan fingerprint density at radius 3 is 2.85 bits per heavy atom. The van der Waals surface area contributed by atoms with E-state index in [9.17, 15) is 9.59 Å². The average molecular weight is 182 g/mol. The first-order valence-corrected chi connectivity index (χ1v) is 4.12. The molecule has 1 heterocycles. The zero-order chi connectivity index (χ0) is 9.42. The minimum absolute atomic E-state index is 0.447. The van der Waals surface area contributed by atoms with Crippen LogP contribution in [0.4, 0.5) is 0 Å². The molecule has 0 saturated heterocycles. The van der Waals surface area contributed by atoms with E-state index in [2.05, 4.69) is 4.98 Å². The molecule has 0 aromatic carbocycles. The Morgan fingerprint density at radius 2 is 2.23 bits per heavy atom. The third-order valence-electron chi connectivity index (χ3n) is 2.11. The lowest BCUT2D eigenvalue weighted by Gasteiger charge is -2.02. The molecule has 13 heavy (non-hydrogen) atoms. The zero-order valence-electron chi connectivity index (χ0n) is 7.01. The summed E-state index contributed by atoms with van der Waals surface area (Å²) in [5.74, 6) is 5.72. The molecule has 0 spiro atoms. The standard InChI is InChI=1S/C7H10N4O2/c8-11-4-9-6(12)10(7(11)13)3-5-1-2-5/h4-5H,1-3,8H2. The molecule has 6 heteroatoms. The first kappa shape index (κ1) is 8.03. The summed E-state index contributed by atoms with van der Waals surface area (Å²) >= 11 is 0. The average Bonchev–Trinajstić information content (AvgIpc) is 2.89. The molecule has 6 nitrogen and oxygen atoms in total. The van der Waals surface area contributed by atoms with Gasteiger partial charge in [-0.2, -0.15) is 4.98 Å². The van der Waals surface area contributed by atoms with E-state index >= 15 is 0 Å². The second-order valence-corrected chi connectivity index (χ2v) is 3.27. The Kier molecular flexibility index (Phi) is 1.68. The quantitative estimate of drug-likeness (QED) is 0.566. The van der Waals surface area contributed by atoms with Gasteiger partial charge in [-0.05, 0) is 18.8 Å². The molecule has 0 radical (unpaired) electrons. The van der Waals surface area contributed by atoms with Crippen LogP contribution in [0.1, 0.15) is 12.8 Å². The van der Waals surface area contributed by atoms with E-state index in [1.165, 1.54) is 0 Å². The van der Waals surface area contributed by atoms with Crippen LogP contribution < -0.4 is 17.2 Å². The minimum atomic E-state index is -0.515. The van der Waals surface area contributed by atoms with Gasteiger partial charge in [-0.15, -0.1) is 0 Å². The minimum Gasteiger partial charge on any atom is -0.334 e. The van der Waals surface area contributed by atoms with Crippen LogP contribution in [0.25, 0.3) is 0 Å². The molecule has 0 aliphatic heterocycles. The Hall–Kier alpha value is -1.59. The fraction of sp³-hybridized carbons (Fsp3) is 0.571. The van der Waals surface area contributed by atoms with E-state index in [1.807, 2.05) is 0 Å². The maximum Gasteiger partial charge on any atom is 0.353 e. The molecule has 1 aromatic heterocycles. The highest BCUT2D eigenvalue weighted by Crippen LogP contribution is 2.29. The van der Waals surface area contributed by atoms with Crippen molar-refractivity contribution in [1.82, 2.24) is 14.2 Å². The summed E-state index contributed by atoms with van der Waals surface area (Å²) in [6, 6.07) is 0. The molecule has 2 rings (SSSR count). The van der Waals surface area contributed by atoms with Crippen LogP contribution in [0.5, 0.6) is 0 Å². The van der Waals surface area contributed by atoms with Gasteiger partial charge in [0.2, 0.25) is 0 Å². The van der Waals surface area contributed by atoms with Crippen molar-refractivity contribution in [3.05, 3.63) is 27.3 Å². The van der Waals surface area contributed by atoms with Crippen molar-refractivity contribution in [3.8, 4) is 0 Å². The number of nitrogens with two attached hydrogens (primary N) is 1. The Morgan fingerprint density at radius 1 is 1.54 bits per heavy atom.